The van der Waals surface area contributed by atoms with Gasteiger partial charge in [0.15, 0.2) is 0 Å². The first-order chi connectivity index (χ1) is 7.54. The zero-order chi connectivity index (χ0) is 13.7. The molecule has 5 heteroatoms. The Morgan fingerprint density at radius 1 is 0.824 bits per heavy atom. The molecule has 0 radical (unpaired) electrons. The Bertz CT molecular complexity index is 257. The molecule has 0 amide bonds. The Labute approximate surface area is 111 Å². The third-order valence-corrected chi connectivity index (χ3v) is 23.2. The van der Waals surface area contributed by atoms with Gasteiger partial charge >= 0.3 is 111 Å². The second kappa shape index (κ2) is 7.09. The summed E-state index contributed by atoms with van der Waals surface area (Å²) < 4.78 is 6.40. The molecule has 100 valence electrons. The quantitative estimate of drug-likeness (QED) is 0.621. The molecule has 0 aromatic carbocycles. The van der Waals surface area contributed by atoms with Crippen LogP contribution >= 0.6 is 0 Å². The minimum absolute atomic E-state index is 0.251. The van der Waals surface area contributed by atoms with Crippen LogP contribution in [-0.4, -0.2) is 38.8 Å². The van der Waals surface area contributed by atoms with E-state index in [0.717, 1.165) is 10.5 Å². The topological polar surface area (TPSA) is 43.4 Å². The van der Waals surface area contributed by atoms with E-state index in [0.29, 0.717) is 12.8 Å². The van der Waals surface area contributed by atoms with E-state index in [1.807, 2.05) is 0 Å². The summed E-state index contributed by atoms with van der Waals surface area (Å²) in [5, 5.41) is 1.90. The van der Waals surface area contributed by atoms with Gasteiger partial charge in [-0.05, 0) is 0 Å². The van der Waals surface area contributed by atoms with Gasteiger partial charge in [-0.3, -0.25) is 0 Å². The molecule has 0 aliphatic rings. The molecule has 0 rings (SSSR count). The van der Waals surface area contributed by atoms with Crippen molar-refractivity contribution in [3.8, 4) is 0 Å². The summed E-state index contributed by atoms with van der Waals surface area (Å²) in [7, 11) is 0. The Morgan fingerprint density at radius 2 is 1.12 bits per heavy atom. The molecule has 0 fully saturated rings. The number of rotatable bonds is 8. The molecule has 0 spiro atoms. The van der Waals surface area contributed by atoms with Gasteiger partial charge in [-0.25, -0.2) is 0 Å². The van der Waals surface area contributed by atoms with Crippen molar-refractivity contribution >= 4 is 38.8 Å². The van der Waals surface area contributed by atoms with Crippen molar-refractivity contribution in [1.29, 1.82) is 0 Å². The van der Waals surface area contributed by atoms with Gasteiger partial charge < -0.3 is 0 Å². The molecule has 0 saturated carbocycles. The van der Waals surface area contributed by atoms with E-state index in [-0.39, 0.29) is 11.6 Å². The second-order valence-corrected chi connectivity index (χ2v) is 25.5. The molecular weight excluding hydrogens is 337 g/mol. The van der Waals surface area contributed by atoms with Gasteiger partial charge in [0.05, 0.1) is 0 Å². The normalized spacial score (nSPS) is 12.6. The van der Waals surface area contributed by atoms with Crippen molar-refractivity contribution in [2.24, 2.45) is 0 Å². The zero-order valence-corrected chi connectivity index (χ0v) is 16.2. The molecule has 0 N–H and O–H groups in total. The summed E-state index contributed by atoms with van der Waals surface area (Å²) in [5.41, 5.74) is 0. The van der Waals surface area contributed by atoms with E-state index in [1.54, 1.807) is 13.8 Å². The van der Waals surface area contributed by atoms with Crippen LogP contribution in [0.3, 0.4) is 0 Å². The fraction of sp³-hybridized carbons (Fsp3) is 0.833. The average Bonchev–Trinajstić information content (AvgIpc) is 2.10. The second-order valence-electron chi connectivity index (χ2n) is 6.03. The van der Waals surface area contributed by atoms with E-state index in [2.05, 4.69) is 23.0 Å². The molecule has 3 nitrogen and oxygen atoms in total. The number of ketones is 2. The van der Waals surface area contributed by atoms with Crippen molar-refractivity contribution in [1.82, 2.24) is 0 Å². The maximum atomic E-state index is 11.0. The summed E-state index contributed by atoms with van der Waals surface area (Å²) in [4.78, 5) is 22.0. The van der Waals surface area contributed by atoms with Crippen LogP contribution in [0.25, 0.3) is 0 Å². The van der Waals surface area contributed by atoms with E-state index >= 15 is 0 Å². The summed E-state index contributed by atoms with van der Waals surface area (Å²) >= 11 is -4.48. The van der Waals surface area contributed by atoms with Crippen LogP contribution in [0.5, 0.6) is 0 Å². The van der Waals surface area contributed by atoms with E-state index < -0.39 is 27.2 Å². The molecule has 17 heavy (non-hydrogen) atoms. The van der Waals surface area contributed by atoms with Crippen LogP contribution in [-0.2, 0) is 12.4 Å². The van der Waals surface area contributed by atoms with Crippen LogP contribution < -0.4 is 0 Å². The zero-order valence-electron chi connectivity index (χ0n) is 12.1. The van der Waals surface area contributed by atoms with Gasteiger partial charge in [0.1, 0.15) is 0 Å². The first-order valence-corrected chi connectivity index (χ1v) is 19.3. The van der Waals surface area contributed by atoms with Crippen LogP contribution in [0.4, 0.5) is 0 Å². The van der Waals surface area contributed by atoms with Crippen molar-refractivity contribution in [3.05, 3.63) is 0 Å². The Kier molecular flexibility index (Phi) is 7.25. The van der Waals surface area contributed by atoms with E-state index in [9.17, 15) is 9.59 Å². The molecule has 0 unspecified atom stereocenters. The van der Waals surface area contributed by atoms with Gasteiger partial charge in [-0.15, -0.1) is 0 Å². The van der Waals surface area contributed by atoms with Crippen LogP contribution in [0, 0.1) is 0 Å². The van der Waals surface area contributed by atoms with Gasteiger partial charge in [0.2, 0.25) is 0 Å². The molecule has 0 atom stereocenters. The number of hydrogen-bond donors (Lipinski definition) is 0. The number of hydrogen-bond acceptors (Lipinski definition) is 3. The number of carbonyl (C=O) groups excluding carboxylic acids is 2. The monoisotopic (exact) mass is 366 g/mol. The summed E-state index contributed by atoms with van der Waals surface area (Å²) in [6.07, 6.45) is 1.30. The molecule has 0 aliphatic heterocycles. The Balaban J connectivity index is 4.26. The van der Waals surface area contributed by atoms with Crippen LogP contribution in [0.1, 0.15) is 26.7 Å². The summed E-state index contributed by atoms with van der Waals surface area (Å²) in [5.74, 6) is 9.41. The molecule has 0 aromatic heterocycles. The molecule has 0 heterocycles. The van der Waals surface area contributed by atoms with E-state index in [1.165, 1.54) is 0 Å². The SMILES string of the molecule is CC(=O)C[CH2][Ge]([CH3])([CH3])[O][Ge]([CH3])([CH3])[CH2]CC(C)=O. The van der Waals surface area contributed by atoms with Crippen molar-refractivity contribution in [2.75, 3.05) is 0 Å². The van der Waals surface area contributed by atoms with Gasteiger partial charge in [0.25, 0.3) is 0 Å². The first kappa shape index (κ1) is 17.4. The first-order valence-electron chi connectivity index (χ1n) is 6.23. The van der Waals surface area contributed by atoms with Crippen molar-refractivity contribution in [2.45, 2.75) is 60.2 Å². The summed E-state index contributed by atoms with van der Waals surface area (Å²) in [6.45, 7) is 3.28. The van der Waals surface area contributed by atoms with E-state index in [4.69, 9.17) is 2.79 Å². The fourth-order valence-electron chi connectivity index (χ4n) is 1.80. The molecule has 0 bridgehead atoms. The Hall–Kier alpha value is 0.386. The predicted octanol–water partition coefficient (Wildman–Crippen LogP) is 3.37. The van der Waals surface area contributed by atoms with Crippen molar-refractivity contribution in [3.63, 3.8) is 0 Å². The molecule has 0 aromatic rings. The Morgan fingerprint density at radius 3 is 1.35 bits per heavy atom. The van der Waals surface area contributed by atoms with Gasteiger partial charge in [0, 0.05) is 0 Å². The predicted molar refractivity (Wildman–Crippen MR) is 76.3 cm³/mol. The van der Waals surface area contributed by atoms with Gasteiger partial charge in [-0.1, -0.05) is 0 Å². The number of carbonyl (C=O) groups is 2. The number of Topliss-reactive ketones (excluding diaryl/α,β-unsaturated/α-hetero) is 2. The average molecular weight is 364 g/mol. The van der Waals surface area contributed by atoms with Gasteiger partial charge in [-0.2, -0.15) is 0 Å². The van der Waals surface area contributed by atoms with Crippen LogP contribution in [0.2, 0.25) is 33.5 Å². The molecular formula is C12H26Ge2O3. The third kappa shape index (κ3) is 10.0. The molecule has 0 saturated heterocycles. The molecule has 0 aliphatic carbocycles. The van der Waals surface area contributed by atoms with Crippen LogP contribution in [0.15, 0.2) is 0 Å². The maximum absolute atomic E-state index is 11.0. The summed E-state index contributed by atoms with van der Waals surface area (Å²) in [6, 6.07) is 0. The minimum atomic E-state index is -2.24. The fourth-order valence-corrected chi connectivity index (χ4v) is 27.9. The standard InChI is InChI=1S/C12H26Ge2O3/c1-11(15)7-9-13(3,4)17-14(5,6)10-8-12(2)16/h7-10H2,1-6H3. The van der Waals surface area contributed by atoms with Crippen molar-refractivity contribution < 1.29 is 12.4 Å². The third-order valence-electron chi connectivity index (χ3n) is 2.71.